The van der Waals surface area contributed by atoms with Crippen molar-refractivity contribution in [2.45, 2.75) is 51.5 Å². The SMILES string of the molecule is CCNC1CCCCC1c1ccc(OCC)cc1. The van der Waals surface area contributed by atoms with Gasteiger partial charge in [0, 0.05) is 6.04 Å². The van der Waals surface area contributed by atoms with Crippen LogP contribution >= 0.6 is 0 Å². The Bertz CT molecular complexity index is 345. The fourth-order valence-electron chi connectivity index (χ4n) is 3.01. The normalized spacial score (nSPS) is 23.9. The first-order valence-corrected chi connectivity index (χ1v) is 7.31. The van der Waals surface area contributed by atoms with Crippen molar-refractivity contribution in [3.05, 3.63) is 29.8 Å². The van der Waals surface area contributed by atoms with E-state index in [1.807, 2.05) is 6.92 Å². The standard InChI is InChI=1S/C16H25NO/c1-3-17-16-8-6-5-7-15(16)13-9-11-14(12-10-13)18-4-2/h9-12,15-17H,3-8H2,1-2H3. The van der Waals surface area contributed by atoms with Gasteiger partial charge in [0.2, 0.25) is 0 Å². The van der Waals surface area contributed by atoms with Gasteiger partial charge in [-0.3, -0.25) is 0 Å². The molecule has 1 aromatic rings. The van der Waals surface area contributed by atoms with Crippen molar-refractivity contribution < 1.29 is 4.74 Å². The third kappa shape index (κ3) is 3.26. The number of ether oxygens (including phenoxy) is 1. The zero-order chi connectivity index (χ0) is 12.8. The number of likely N-dealkylation sites (N-methyl/N-ethyl adjacent to an activating group) is 1. The van der Waals surface area contributed by atoms with E-state index in [1.165, 1.54) is 31.2 Å². The predicted octanol–water partition coefficient (Wildman–Crippen LogP) is 3.72. The highest BCUT2D eigenvalue weighted by Crippen LogP contribution is 2.33. The third-order valence-corrected chi connectivity index (χ3v) is 3.85. The molecule has 2 atom stereocenters. The van der Waals surface area contributed by atoms with E-state index in [9.17, 15) is 0 Å². The molecule has 1 fully saturated rings. The van der Waals surface area contributed by atoms with Gasteiger partial charge in [-0.25, -0.2) is 0 Å². The van der Waals surface area contributed by atoms with Crippen LogP contribution in [0.5, 0.6) is 5.75 Å². The van der Waals surface area contributed by atoms with Crippen molar-refractivity contribution in [3.63, 3.8) is 0 Å². The molecule has 0 aliphatic heterocycles. The summed E-state index contributed by atoms with van der Waals surface area (Å²) < 4.78 is 5.51. The number of benzene rings is 1. The number of hydrogen-bond donors (Lipinski definition) is 1. The quantitative estimate of drug-likeness (QED) is 0.856. The van der Waals surface area contributed by atoms with Gasteiger partial charge in [-0.05, 0) is 49.9 Å². The molecule has 100 valence electrons. The Morgan fingerprint density at radius 1 is 1.11 bits per heavy atom. The van der Waals surface area contributed by atoms with Gasteiger partial charge >= 0.3 is 0 Å². The Balaban J connectivity index is 2.07. The fourth-order valence-corrected chi connectivity index (χ4v) is 3.01. The maximum atomic E-state index is 5.51. The molecule has 2 heteroatoms. The molecule has 1 aliphatic carbocycles. The summed E-state index contributed by atoms with van der Waals surface area (Å²) in [5.74, 6) is 1.66. The van der Waals surface area contributed by atoms with E-state index in [0.29, 0.717) is 12.0 Å². The van der Waals surface area contributed by atoms with Crippen LogP contribution in [-0.2, 0) is 0 Å². The van der Waals surface area contributed by atoms with Crippen molar-refractivity contribution >= 4 is 0 Å². The molecular formula is C16H25NO. The lowest BCUT2D eigenvalue weighted by Gasteiger charge is -2.32. The molecule has 0 radical (unpaired) electrons. The molecule has 0 bridgehead atoms. The zero-order valence-electron chi connectivity index (χ0n) is 11.6. The van der Waals surface area contributed by atoms with Crippen LogP contribution in [0.4, 0.5) is 0 Å². The van der Waals surface area contributed by atoms with Gasteiger partial charge < -0.3 is 10.1 Å². The molecule has 1 saturated carbocycles. The van der Waals surface area contributed by atoms with Gasteiger partial charge in [-0.2, -0.15) is 0 Å². The summed E-state index contributed by atoms with van der Waals surface area (Å²) in [5.41, 5.74) is 1.46. The number of hydrogen-bond acceptors (Lipinski definition) is 2. The smallest absolute Gasteiger partial charge is 0.119 e. The molecule has 1 aliphatic rings. The molecule has 0 spiro atoms. The van der Waals surface area contributed by atoms with Crippen LogP contribution in [0.3, 0.4) is 0 Å². The van der Waals surface area contributed by atoms with Crippen LogP contribution < -0.4 is 10.1 Å². The summed E-state index contributed by atoms with van der Waals surface area (Å²) >= 11 is 0. The maximum Gasteiger partial charge on any atom is 0.119 e. The molecule has 0 saturated heterocycles. The lowest BCUT2D eigenvalue weighted by molar-refractivity contribution is 0.329. The van der Waals surface area contributed by atoms with Gasteiger partial charge in [0.05, 0.1) is 6.61 Å². The number of nitrogens with one attached hydrogen (secondary N) is 1. The molecule has 1 aromatic carbocycles. The van der Waals surface area contributed by atoms with Crippen LogP contribution in [0.15, 0.2) is 24.3 Å². The van der Waals surface area contributed by atoms with Crippen molar-refractivity contribution in [1.29, 1.82) is 0 Å². The van der Waals surface area contributed by atoms with Crippen molar-refractivity contribution in [1.82, 2.24) is 5.32 Å². The summed E-state index contributed by atoms with van der Waals surface area (Å²) in [7, 11) is 0. The van der Waals surface area contributed by atoms with Crippen LogP contribution in [0.2, 0.25) is 0 Å². The van der Waals surface area contributed by atoms with Gasteiger partial charge in [0.25, 0.3) is 0 Å². The van der Waals surface area contributed by atoms with E-state index in [1.54, 1.807) is 0 Å². The zero-order valence-corrected chi connectivity index (χ0v) is 11.6. The van der Waals surface area contributed by atoms with Gasteiger partial charge in [0.1, 0.15) is 5.75 Å². The summed E-state index contributed by atoms with van der Waals surface area (Å²) in [6.45, 7) is 6.03. The Kier molecular flexibility index (Phi) is 5.06. The second kappa shape index (κ2) is 6.79. The summed E-state index contributed by atoms with van der Waals surface area (Å²) in [5, 5.41) is 3.64. The highest BCUT2D eigenvalue weighted by molar-refractivity contribution is 5.30. The third-order valence-electron chi connectivity index (χ3n) is 3.85. The van der Waals surface area contributed by atoms with E-state index in [0.717, 1.165) is 18.9 Å². The second-order valence-corrected chi connectivity index (χ2v) is 5.06. The van der Waals surface area contributed by atoms with E-state index in [4.69, 9.17) is 4.74 Å². The fraction of sp³-hybridized carbons (Fsp3) is 0.625. The predicted molar refractivity (Wildman–Crippen MR) is 76.3 cm³/mol. The van der Waals surface area contributed by atoms with Crippen LogP contribution in [0.1, 0.15) is 51.0 Å². The second-order valence-electron chi connectivity index (χ2n) is 5.06. The Morgan fingerprint density at radius 2 is 1.83 bits per heavy atom. The highest BCUT2D eigenvalue weighted by atomic mass is 16.5. The van der Waals surface area contributed by atoms with Crippen LogP contribution in [-0.4, -0.2) is 19.2 Å². The molecule has 1 N–H and O–H groups in total. The minimum atomic E-state index is 0.654. The van der Waals surface area contributed by atoms with Crippen molar-refractivity contribution in [2.75, 3.05) is 13.2 Å². The molecule has 0 amide bonds. The minimum absolute atomic E-state index is 0.654. The first kappa shape index (κ1) is 13.4. The van der Waals surface area contributed by atoms with Gasteiger partial charge in [0.15, 0.2) is 0 Å². The Morgan fingerprint density at radius 3 is 2.50 bits per heavy atom. The van der Waals surface area contributed by atoms with Crippen LogP contribution in [0, 0.1) is 0 Å². The number of rotatable bonds is 5. The largest absolute Gasteiger partial charge is 0.494 e. The monoisotopic (exact) mass is 247 g/mol. The molecule has 2 unspecified atom stereocenters. The maximum absolute atomic E-state index is 5.51. The summed E-state index contributed by atoms with van der Waals surface area (Å²) in [6, 6.07) is 9.35. The van der Waals surface area contributed by atoms with E-state index in [-0.39, 0.29) is 0 Å². The average Bonchev–Trinajstić information content (AvgIpc) is 2.41. The summed E-state index contributed by atoms with van der Waals surface area (Å²) in [6.07, 6.45) is 5.35. The molecule has 2 nitrogen and oxygen atoms in total. The molecule has 0 aromatic heterocycles. The van der Waals surface area contributed by atoms with Crippen LogP contribution in [0.25, 0.3) is 0 Å². The highest BCUT2D eigenvalue weighted by Gasteiger charge is 2.25. The lowest BCUT2D eigenvalue weighted by atomic mass is 9.80. The Hall–Kier alpha value is -1.02. The lowest BCUT2D eigenvalue weighted by Crippen LogP contribution is -2.37. The van der Waals surface area contributed by atoms with E-state index in [2.05, 4.69) is 36.5 Å². The summed E-state index contributed by atoms with van der Waals surface area (Å²) in [4.78, 5) is 0. The molecular weight excluding hydrogens is 222 g/mol. The molecule has 18 heavy (non-hydrogen) atoms. The Labute approximate surface area is 111 Å². The van der Waals surface area contributed by atoms with Gasteiger partial charge in [-0.1, -0.05) is 31.9 Å². The van der Waals surface area contributed by atoms with Gasteiger partial charge in [-0.15, -0.1) is 0 Å². The van der Waals surface area contributed by atoms with Crippen molar-refractivity contribution in [3.8, 4) is 5.75 Å². The van der Waals surface area contributed by atoms with E-state index >= 15 is 0 Å². The van der Waals surface area contributed by atoms with Crippen molar-refractivity contribution in [2.24, 2.45) is 0 Å². The molecule has 0 heterocycles. The molecule has 2 rings (SSSR count). The topological polar surface area (TPSA) is 21.3 Å². The average molecular weight is 247 g/mol. The van der Waals surface area contributed by atoms with E-state index < -0.39 is 0 Å². The minimum Gasteiger partial charge on any atom is -0.494 e. The first-order chi connectivity index (χ1) is 8.85. The first-order valence-electron chi connectivity index (χ1n) is 7.31.